The average Bonchev–Trinajstić information content (AvgIpc) is 2.58. The van der Waals surface area contributed by atoms with Crippen molar-refractivity contribution in [3.63, 3.8) is 0 Å². The van der Waals surface area contributed by atoms with Gasteiger partial charge >= 0.3 is 0 Å². The van der Waals surface area contributed by atoms with E-state index in [0.29, 0.717) is 24.8 Å². The fourth-order valence-electron chi connectivity index (χ4n) is 2.55. The summed E-state index contributed by atoms with van der Waals surface area (Å²) in [6.45, 7) is 4.67. The van der Waals surface area contributed by atoms with Gasteiger partial charge in [0.25, 0.3) is 0 Å². The van der Waals surface area contributed by atoms with Crippen LogP contribution < -0.4 is 5.32 Å². The van der Waals surface area contributed by atoms with Gasteiger partial charge in [0.1, 0.15) is 5.72 Å². The molecule has 0 spiro atoms. The molecule has 3 unspecified atom stereocenters. The Morgan fingerprint density at radius 2 is 2.19 bits per heavy atom. The van der Waals surface area contributed by atoms with E-state index in [1.807, 2.05) is 13.8 Å². The van der Waals surface area contributed by atoms with Gasteiger partial charge in [-0.05, 0) is 26.7 Å². The Bertz CT molecular complexity index is 346. The lowest BCUT2D eigenvalue weighted by molar-refractivity contribution is -0.00130. The molecule has 4 nitrogen and oxygen atoms in total. The van der Waals surface area contributed by atoms with Gasteiger partial charge in [-0.1, -0.05) is 0 Å². The number of halogens is 1. The van der Waals surface area contributed by atoms with E-state index in [9.17, 15) is 8.42 Å². The summed E-state index contributed by atoms with van der Waals surface area (Å²) in [6.07, 6.45) is 2.18. The van der Waals surface area contributed by atoms with Gasteiger partial charge < -0.3 is 4.74 Å². The molecule has 16 heavy (non-hydrogen) atoms. The summed E-state index contributed by atoms with van der Waals surface area (Å²) in [6, 6.07) is 0.319. The molecule has 0 aromatic carbocycles. The average molecular weight is 270 g/mol. The quantitative estimate of drug-likeness (QED) is 0.816. The highest BCUT2D eigenvalue weighted by molar-refractivity contribution is 7.92. The Kier molecular flexibility index (Phi) is 4.27. The molecule has 2 fully saturated rings. The summed E-state index contributed by atoms with van der Waals surface area (Å²) in [7, 11) is -2.85. The third kappa shape index (κ3) is 2.88. The topological polar surface area (TPSA) is 55.4 Å². The van der Waals surface area contributed by atoms with E-state index in [0.717, 1.165) is 12.8 Å². The minimum absolute atomic E-state index is 0. The molecule has 6 heteroatoms. The SMILES string of the molecule is CC1COC(C)(CC2CCCS2(=O)=O)N1.Cl. The van der Waals surface area contributed by atoms with E-state index >= 15 is 0 Å². The molecule has 2 saturated heterocycles. The van der Waals surface area contributed by atoms with Crippen molar-refractivity contribution in [2.45, 2.75) is 50.1 Å². The van der Waals surface area contributed by atoms with Crippen molar-refractivity contribution in [3.8, 4) is 0 Å². The molecule has 0 aromatic heterocycles. The van der Waals surface area contributed by atoms with E-state index in [4.69, 9.17) is 4.74 Å². The van der Waals surface area contributed by atoms with Crippen LogP contribution in [0.15, 0.2) is 0 Å². The maximum Gasteiger partial charge on any atom is 0.153 e. The summed E-state index contributed by atoms with van der Waals surface area (Å²) in [5, 5.41) is 3.10. The molecule has 0 aliphatic carbocycles. The van der Waals surface area contributed by atoms with E-state index in [-0.39, 0.29) is 17.7 Å². The lowest BCUT2D eigenvalue weighted by Crippen LogP contribution is -2.44. The van der Waals surface area contributed by atoms with Gasteiger partial charge in [-0.25, -0.2) is 8.42 Å². The number of sulfone groups is 1. The smallest absolute Gasteiger partial charge is 0.153 e. The molecule has 2 aliphatic heterocycles. The van der Waals surface area contributed by atoms with Crippen molar-refractivity contribution >= 4 is 22.2 Å². The summed E-state index contributed by atoms with van der Waals surface area (Å²) >= 11 is 0. The predicted octanol–water partition coefficient (Wildman–Crippen LogP) is 1.10. The van der Waals surface area contributed by atoms with Gasteiger partial charge in [-0.2, -0.15) is 0 Å². The molecule has 96 valence electrons. The number of rotatable bonds is 2. The standard InChI is InChI=1S/C10H19NO3S.ClH/c1-8-7-14-10(2,11-8)6-9-4-3-5-15(9,12)13;/h8-9,11H,3-7H2,1-2H3;1H. The first kappa shape index (κ1) is 14.2. The Labute approximate surface area is 103 Å². The zero-order valence-electron chi connectivity index (χ0n) is 9.73. The maximum atomic E-state index is 11.7. The second kappa shape index (κ2) is 4.80. The monoisotopic (exact) mass is 269 g/mol. The van der Waals surface area contributed by atoms with Crippen molar-refractivity contribution in [2.75, 3.05) is 12.4 Å². The minimum atomic E-state index is -2.85. The van der Waals surface area contributed by atoms with Crippen LogP contribution in [-0.2, 0) is 14.6 Å². The van der Waals surface area contributed by atoms with Crippen molar-refractivity contribution in [1.29, 1.82) is 0 Å². The molecule has 1 N–H and O–H groups in total. The van der Waals surface area contributed by atoms with Crippen LogP contribution in [0, 0.1) is 0 Å². The minimum Gasteiger partial charge on any atom is -0.359 e. The van der Waals surface area contributed by atoms with E-state index in [1.54, 1.807) is 0 Å². The van der Waals surface area contributed by atoms with Gasteiger partial charge in [-0.15, -0.1) is 12.4 Å². The van der Waals surface area contributed by atoms with Crippen molar-refractivity contribution in [1.82, 2.24) is 5.32 Å². The highest BCUT2D eigenvalue weighted by Crippen LogP contribution is 2.30. The Hall–Kier alpha value is 0.160. The Morgan fingerprint density at radius 3 is 2.62 bits per heavy atom. The number of nitrogens with one attached hydrogen (secondary N) is 1. The highest BCUT2D eigenvalue weighted by Gasteiger charge is 2.41. The number of ether oxygens (including phenoxy) is 1. The fraction of sp³-hybridized carbons (Fsp3) is 1.00. The second-order valence-electron chi connectivity index (χ2n) is 4.92. The zero-order valence-corrected chi connectivity index (χ0v) is 11.4. The first-order chi connectivity index (χ1) is 6.91. The molecule has 2 heterocycles. The molecular weight excluding hydrogens is 250 g/mol. The first-order valence-electron chi connectivity index (χ1n) is 5.54. The molecule has 0 saturated carbocycles. The van der Waals surface area contributed by atoms with Crippen LogP contribution in [0.2, 0.25) is 0 Å². The number of hydrogen-bond acceptors (Lipinski definition) is 4. The van der Waals surface area contributed by atoms with Crippen LogP contribution in [0.4, 0.5) is 0 Å². The Balaban J connectivity index is 0.00000128. The molecule has 0 amide bonds. The van der Waals surface area contributed by atoms with Crippen molar-refractivity contribution < 1.29 is 13.2 Å². The predicted molar refractivity (Wildman–Crippen MR) is 65.6 cm³/mol. The lowest BCUT2D eigenvalue weighted by Gasteiger charge is -2.26. The van der Waals surface area contributed by atoms with Crippen LogP contribution in [0.1, 0.15) is 33.1 Å². The normalized spacial score (nSPS) is 41.9. The van der Waals surface area contributed by atoms with Crippen molar-refractivity contribution in [2.24, 2.45) is 0 Å². The molecule has 2 aliphatic rings. The summed E-state index contributed by atoms with van der Waals surface area (Å²) < 4.78 is 29.0. The molecule has 2 rings (SSSR count). The molecular formula is C10H20ClNO3S. The fourth-order valence-corrected chi connectivity index (χ4v) is 4.55. The molecule has 0 bridgehead atoms. The zero-order chi connectivity index (χ0) is 11.1. The summed E-state index contributed by atoms with van der Waals surface area (Å²) in [4.78, 5) is 0. The van der Waals surface area contributed by atoms with E-state index in [1.165, 1.54) is 0 Å². The second-order valence-corrected chi connectivity index (χ2v) is 7.32. The highest BCUT2D eigenvalue weighted by atomic mass is 35.5. The van der Waals surface area contributed by atoms with Crippen LogP contribution >= 0.6 is 12.4 Å². The van der Waals surface area contributed by atoms with E-state index in [2.05, 4.69) is 5.32 Å². The lowest BCUT2D eigenvalue weighted by atomic mass is 10.1. The van der Waals surface area contributed by atoms with Gasteiger partial charge in [0.15, 0.2) is 9.84 Å². The molecule has 0 radical (unpaired) electrons. The van der Waals surface area contributed by atoms with E-state index < -0.39 is 15.6 Å². The molecule has 3 atom stereocenters. The van der Waals surface area contributed by atoms with Gasteiger partial charge in [0.2, 0.25) is 0 Å². The van der Waals surface area contributed by atoms with Gasteiger partial charge in [0.05, 0.1) is 17.6 Å². The van der Waals surface area contributed by atoms with Crippen LogP contribution in [-0.4, -0.2) is 37.8 Å². The van der Waals surface area contributed by atoms with Gasteiger partial charge in [-0.3, -0.25) is 5.32 Å². The largest absolute Gasteiger partial charge is 0.359 e. The van der Waals surface area contributed by atoms with Crippen LogP contribution in [0.25, 0.3) is 0 Å². The van der Waals surface area contributed by atoms with Crippen LogP contribution in [0.3, 0.4) is 0 Å². The summed E-state index contributed by atoms with van der Waals surface area (Å²) in [5.41, 5.74) is -0.443. The Morgan fingerprint density at radius 1 is 1.50 bits per heavy atom. The van der Waals surface area contributed by atoms with Crippen molar-refractivity contribution in [3.05, 3.63) is 0 Å². The third-order valence-electron chi connectivity index (χ3n) is 3.28. The third-order valence-corrected chi connectivity index (χ3v) is 5.56. The van der Waals surface area contributed by atoms with Gasteiger partial charge in [0, 0.05) is 12.5 Å². The maximum absolute atomic E-state index is 11.7. The van der Waals surface area contributed by atoms with Crippen LogP contribution in [0.5, 0.6) is 0 Å². The first-order valence-corrected chi connectivity index (χ1v) is 7.26. The summed E-state index contributed by atoms with van der Waals surface area (Å²) in [5.74, 6) is 0.350. The molecule has 0 aromatic rings. The number of hydrogen-bond donors (Lipinski definition) is 1.